The van der Waals surface area contributed by atoms with Crippen molar-refractivity contribution in [3.63, 3.8) is 0 Å². The Kier molecular flexibility index (Phi) is 6.04. The lowest BCUT2D eigenvalue weighted by atomic mass is 10.1. The molecule has 9 nitrogen and oxygen atoms in total. The van der Waals surface area contributed by atoms with Gasteiger partial charge in [0.05, 0.1) is 40.5 Å². The zero-order valence-corrected chi connectivity index (χ0v) is 21.1. The van der Waals surface area contributed by atoms with Crippen molar-refractivity contribution in [2.45, 2.75) is 39.5 Å². The maximum absolute atomic E-state index is 12.2. The zero-order chi connectivity index (χ0) is 25.4. The smallest absolute Gasteiger partial charge is 0.224 e. The molecule has 9 heteroatoms. The van der Waals surface area contributed by atoms with Crippen molar-refractivity contribution < 1.29 is 4.79 Å². The number of piperidine rings is 1. The summed E-state index contributed by atoms with van der Waals surface area (Å²) >= 11 is 0. The maximum Gasteiger partial charge on any atom is 0.224 e. The molecule has 0 atom stereocenters. The highest BCUT2D eigenvalue weighted by Crippen LogP contribution is 2.33. The number of amides is 1. The van der Waals surface area contributed by atoms with E-state index in [-0.39, 0.29) is 11.8 Å². The van der Waals surface area contributed by atoms with Crippen LogP contribution in [0.2, 0.25) is 0 Å². The molecule has 188 valence electrons. The van der Waals surface area contributed by atoms with Crippen LogP contribution in [0.15, 0.2) is 48.9 Å². The van der Waals surface area contributed by atoms with Crippen LogP contribution >= 0.6 is 0 Å². The summed E-state index contributed by atoms with van der Waals surface area (Å²) in [6.07, 6.45) is 9.35. The van der Waals surface area contributed by atoms with Crippen LogP contribution in [0.1, 0.15) is 39.5 Å². The minimum atomic E-state index is -0.0247. The summed E-state index contributed by atoms with van der Waals surface area (Å²) < 4.78 is 0. The van der Waals surface area contributed by atoms with E-state index in [1.165, 1.54) is 24.9 Å². The van der Waals surface area contributed by atoms with Gasteiger partial charge in [-0.3, -0.25) is 19.9 Å². The number of nitrogens with zero attached hydrogens (tertiary/aromatic N) is 5. The van der Waals surface area contributed by atoms with Gasteiger partial charge in [0.1, 0.15) is 11.2 Å². The summed E-state index contributed by atoms with van der Waals surface area (Å²) in [4.78, 5) is 32.1. The Morgan fingerprint density at radius 2 is 1.95 bits per heavy atom. The van der Waals surface area contributed by atoms with E-state index in [1.807, 2.05) is 26.0 Å². The Bertz CT molecular complexity index is 1580. The van der Waals surface area contributed by atoms with Crippen molar-refractivity contribution in [1.29, 1.82) is 0 Å². The number of fused-ring (bicyclic) bond motifs is 2. The third-order valence-electron chi connectivity index (χ3n) is 6.77. The highest BCUT2D eigenvalue weighted by molar-refractivity contribution is 5.97. The van der Waals surface area contributed by atoms with E-state index in [0.29, 0.717) is 12.1 Å². The number of aromatic nitrogens is 6. The number of pyridine rings is 2. The third-order valence-corrected chi connectivity index (χ3v) is 6.77. The van der Waals surface area contributed by atoms with E-state index in [9.17, 15) is 4.79 Å². The highest BCUT2D eigenvalue weighted by atomic mass is 16.1. The van der Waals surface area contributed by atoms with Gasteiger partial charge < -0.3 is 15.2 Å². The molecule has 1 aliphatic heterocycles. The lowest BCUT2D eigenvalue weighted by Crippen LogP contribution is -2.29. The minimum absolute atomic E-state index is 0.0247. The summed E-state index contributed by atoms with van der Waals surface area (Å²) in [5, 5.41) is 11.5. The van der Waals surface area contributed by atoms with Crippen LogP contribution in [0.25, 0.3) is 44.7 Å². The Morgan fingerprint density at radius 1 is 1.08 bits per heavy atom. The van der Waals surface area contributed by atoms with Crippen LogP contribution in [-0.2, 0) is 4.79 Å². The Hall–Kier alpha value is -4.27. The third kappa shape index (κ3) is 4.64. The summed E-state index contributed by atoms with van der Waals surface area (Å²) in [7, 11) is 0. The summed E-state index contributed by atoms with van der Waals surface area (Å²) in [5.74, 6) is 0.980. The first kappa shape index (κ1) is 23.1. The lowest BCUT2D eigenvalue weighted by molar-refractivity contribution is -0.116. The molecular formula is C28H30N8O. The topological polar surface area (TPSA) is 115 Å². The van der Waals surface area contributed by atoms with Gasteiger partial charge in [-0.1, -0.05) is 19.9 Å². The van der Waals surface area contributed by atoms with Crippen molar-refractivity contribution in [2.75, 3.05) is 23.3 Å². The molecule has 5 aromatic rings. The van der Waals surface area contributed by atoms with Crippen LogP contribution in [0.5, 0.6) is 0 Å². The number of benzene rings is 1. The van der Waals surface area contributed by atoms with Gasteiger partial charge in [-0.05, 0) is 49.4 Å². The van der Waals surface area contributed by atoms with Crippen LogP contribution in [-0.4, -0.2) is 49.1 Å². The first-order chi connectivity index (χ1) is 18.0. The first-order valence-corrected chi connectivity index (χ1v) is 12.9. The number of hydrogen-bond donors (Lipinski definition) is 3. The normalized spacial score (nSPS) is 14.1. The number of H-pyrrole nitrogens is 2. The molecule has 1 amide bonds. The Morgan fingerprint density at radius 3 is 2.78 bits per heavy atom. The fraction of sp³-hybridized carbons (Fsp3) is 0.321. The lowest BCUT2D eigenvalue weighted by Gasteiger charge is -2.28. The molecule has 0 spiro atoms. The quantitative estimate of drug-likeness (QED) is 0.286. The van der Waals surface area contributed by atoms with Gasteiger partial charge in [-0.25, -0.2) is 4.98 Å². The predicted molar refractivity (Wildman–Crippen MR) is 146 cm³/mol. The van der Waals surface area contributed by atoms with Gasteiger partial charge in [-0.2, -0.15) is 5.10 Å². The first-order valence-electron chi connectivity index (χ1n) is 12.9. The van der Waals surface area contributed by atoms with E-state index in [2.05, 4.69) is 53.6 Å². The standard InChI is InChI=1S/C28H30N8O/c1-17(2)11-25(37)31-19-12-18(14-29-15-19)22-13-20-23(16-30-22)34-35-26(20)28-32-21-7-6-8-24(27(21)33-28)36-9-4-3-5-10-36/h6-8,12-17H,3-5,9-11H2,1-2H3,(H,31,37)(H,32,33)(H,34,35). The monoisotopic (exact) mass is 494 g/mol. The van der Waals surface area contributed by atoms with Crippen molar-refractivity contribution in [3.8, 4) is 22.8 Å². The van der Waals surface area contributed by atoms with Gasteiger partial charge in [0, 0.05) is 36.7 Å². The molecule has 0 radical (unpaired) electrons. The average molecular weight is 495 g/mol. The molecule has 0 aliphatic carbocycles. The van der Waals surface area contributed by atoms with Crippen molar-refractivity contribution in [3.05, 3.63) is 48.9 Å². The van der Waals surface area contributed by atoms with Gasteiger partial charge >= 0.3 is 0 Å². The number of nitrogens with one attached hydrogen (secondary N) is 3. The fourth-order valence-electron chi connectivity index (χ4n) is 5.01. The van der Waals surface area contributed by atoms with Crippen molar-refractivity contribution in [1.82, 2.24) is 30.1 Å². The molecule has 4 aromatic heterocycles. The molecule has 0 bridgehead atoms. The van der Waals surface area contributed by atoms with Gasteiger partial charge in [-0.15, -0.1) is 0 Å². The van der Waals surface area contributed by atoms with Gasteiger partial charge in [0.15, 0.2) is 5.82 Å². The number of rotatable bonds is 6. The maximum atomic E-state index is 12.2. The largest absolute Gasteiger partial charge is 0.370 e. The number of para-hydroxylation sites is 1. The van der Waals surface area contributed by atoms with Gasteiger partial charge in [0.25, 0.3) is 0 Å². The molecular weight excluding hydrogens is 464 g/mol. The summed E-state index contributed by atoms with van der Waals surface area (Å²) in [5.41, 5.74) is 6.92. The van der Waals surface area contributed by atoms with Crippen LogP contribution in [0, 0.1) is 5.92 Å². The number of carbonyl (C=O) groups excluding carboxylic acids is 1. The molecule has 1 aliphatic rings. The molecule has 6 rings (SSSR count). The molecule has 5 heterocycles. The number of aromatic amines is 2. The molecule has 1 fully saturated rings. The number of carbonyl (C=O) groups is 1. The van der Waals surface area contributed by atoms with E-state index in [1.54, 1.807) is 18.6 Å². The van der Waals surface area contributed by atoms with Crippen LogP contribution in [0.3, 0.4) is 0 Å². The Balaban J connectivity index is 1.35. The van der Waals surface area contributed by atoms with Gasteiger partial charge in [0.2, 0.25) is 5.91 Å². The molecule has 3 N–H and O–H groups in total. The molecule has 1 aromatic carbocycles. The van der Waals surface area contributed by atoms with E-state index < -0.39 is 0 Å². The predicted octanol–water partition coefficient (Wildman–Crippen LogP) is 5.54. The summed E-state index contributed by atoms with van der Waals surface area (Å²) in [6, 6.07) is 10.2. The van der Waals surface area contributed by atoms with Crippen LogP contribution < -0.4 is 10.2 Å². The second-order valence-electron chi connectivity index (χ2n) is 10.1. The number of anilines is 2. The minimum Gasteiger partial charge on any atom is -0.370 e. The van der Waals surface area contributed by atoms with Crippen molar-refractivity contribution >= 4 is 39.2 Å². The zero-order valence-electron chi connectivity index (χ0n) is 21.1. The Labute approximate surface area is 214 Å². The SMILES string of the molecule is CC(C)CC(=O)Nc1cncc(-c2cc3c(-c4nc5c(N6CCCCC6)cccc5[nH]4)n[nH]c3cn2)c1. The molecule has 0 saturated carbocycles. The molecule has 37 heavy (non-hydrogen) atoms. The number of hydrogen-bond acceptors (Lipinski definition) is 6. The molecule has 1 saturated heterocycles. The second kappa shape index (κ2) is 9.65. The van der Waals surface area contributed by atoms with E-state index >= 15 is 0 Å². The highest BCUT2D eigenvalue weighted by Gasteiger charge is 2.19. The molecule has 0 unspecified atom stereocenters. The number of imidazole rings is 1. The van der Waals surface area contributed by atoms with E-state index in [0.717, 1.165) is 57.8 Å². The average Bonchev–Trinajstić information content (AvgIpc) is 3.52. The van der Waals surface area contributed by atoms with E-state index in [4.69, 9.17) is 4.98 Å². The van der Waals surface area contributed by atoms with Crippen LogP contribution in [0.4, 0.5) is 11.4 Å². The summed E-state index contributed by atoms with van der Waals surface area (Å²) in [6.45, 7) is 6.16. The van der Waals surface area contributed by atoms with Crippen molar-refractivity contribution in [2.24, 2.45) is 5.92 Å². The second-order valence-corrected chi connectivity index (χ2v) is 10.1. The fourth-order valence-corrected chi connectivity index (χ4v) is 5.01.